The van der Waals surface area contributed by atoms with Crippen molar-refractivity contribution in [3.8, 4) is 17.3 Å². The summed E-state index contributed by atoms with van der Waals surface area (Å²) in [6, 6.07) is 16.4. The first-order valence-corrected chi connectivity index (χ1v) is 9.42. The maximum atomic E-state index is 11.4. The number of ether oxygens (including phenoxy) is 1. The van der Waals surface area contributed by atoms with Crippen molar-refractivity contribution in [2.24, 2.45) is 0 Å². The van der Waals surface area contributed by atoms with Crippen LogP contribution in [0.25, 0.3) is 22.6 Å². The van der Waals surface area contributed by atoms with Gasteiger partial charge in [-0.25, -0.2) is 9.78 Å². The van der Waals surface area contributed by atoms with Crippen LogP contribution >= 0.6 is 11.6 Å². The number of carbonyl (C=O) groups is 1. The zero-order valence-electron chi connectivity index (χ0n) is 15.7. The first kappa shape index (κ1) is 19.0. The van der Waals surface area contributed by atoms with Gasteiger partial charge in [-0.3, -0.25) is 4.98 Å². The molecule has 7 heteroatoms. The Morgan fingerprint density at radius 2 is 2.00 bits per heavy atom. The third kappa shape index (κ3) is 3.79. The number of fused-ring (bicyclic) bond motifs is 1. The summed E-state index contributed by atoms with van der Waals surface area (Å²) < 4.78 is 7.51. The fraction of sp³-hybridized carbons (Fsp3) is 0.136. The number of methoxy groups -OCH3 is 1. The third-order valence-corrected chi connectivity index (χ3v) is 4.98. The van der Waals surface area contributed by atoms with E-state index >= 15 is 0 Å². The van der Waals surface area contributed by atoms with Gasteiger partial charge in [0, 0.05) is 17.8 Å². The molecule has 2 heterocycles. The van der Waals surface area contributed by atoms with Crippen LogP contribution in [0.4, 0.5) is 0 Å². The summed E-state index contributed by atoms with van der Waals surface area (Å²) in [6.07, 6.45) is 2.18. The number of hydrogen-bond donors (Lipinski definition) is 1. The Morgan fingerprint density at radius 3 is 2.79 bits per heavy atom. The predicted octanol–water partition coefficient (Wildman–Crippen LogP) is 4.70. The lowest BCUT2D eigenvalue weighted by Crippen LogP contribution is -2.06. The van der Waals surface area contributed by atoms with Crippen LogP contribution in [0.5, 0.6) is 5.75 Å². The van der Waals surface area contributed by atoms with Gasteiger partial charge in [0.15, 0.2) is 5.82 Å². The molecule has 0 atom stereocenters. The van der Waals surface area contributed by atoms with Gasteiger partial charge in [0.1, 0.15) is 11.4 Å². The second-order valence-corrected chi connectivity index (χ2v) is 6.95. The van der Waals surface area contributed by atoms with E-state index in [1.54, 1.807) is 19.2 Å². The van der Waals surface area contributed by atoms with Crippen molar-refractivity contribution in [3.05, 3.63) is 76.9 Å². The van der Waals surface area contributed by atoms with Crippen LogP contribution in [0, 0.1) is 0 Å². The third-order valence-electron chi connectivity index (χ3n) is 4.74. The molecule has 0 radical (unpaired) electrons. The number of aromatic carboxylic acids is 1. The molecule has 0 spiro atoms. The molecule has 4 aromatic rings. The molecule has 0 aliphatic heterocycles. The molecule has 0 aliphatic rings. The van der Waals surface area contributed by atoms with E-state index in [1.165, 1.54) is 12.3 Å². The fourth-order valence-corrected chi connectivity index (χ4v) is 3.50. The lowest BCUT2D eigenvalue weighted by molar-refractivity contribution is 0.0697. The topological polar surface area (TPSA) is 77.2 Å². The minimum absolute atomic E-state index is 0.174. The SMILES string of the molecule is COc1cc(Cl)ccc1CCn1c(-c2cc(C(=O)O)ccn2)nc2ccccc21. The number of pyridine rings is 1. The highest BCUT2D eigenvalue weighted by Crippen LogP contribution is 2.27. The molecule has 6 nitrogen and oxygen atoms in total. The summed E-state index contributed by atoms with van der Waals surface area (Å²) in [5.74, 6) is 0.360. The van der Waals surface area contributed by atoms with E-state index in [-0.39, 0.29) is 5.56 Å². The lowest BCUT2D eigenvalue weighted by Gasteiger charge is -2.12. The standard InChI is InChI=1S/C22H18ClN3O3/c1-29-20-13-16(23)7-6-14(20)9-11-26-19-5-3-2-4-17(19)25-21(26)18-12-15(22(27)28)8-10-24-18/h2-8,10,12-13H,9,11H2,1H3,(H,27,28). The first-order valence-electron chi connectivity index (χ1n) is 9.04. The Morgan fingerprint density at radius 1 is 1.17 bits per heavy atom. The van der Waals surface area contributed by atoms with Gasteiger partial charge < -0.3 is 14.4 Å². The van der Waals surface area contributed by atoms with Gasteiger partial charge in [-0.15, -0.1) is 0 Å². The molecule has 0 aliphatic carbocycles. The molecule has 2 aromatic carbocycles. The van der Waals surface area contributed by atoms with Crippen LogP contribution in [0.1, 0.15) is 15.9 Å². The minimum atomic E-state index is -0.998. The number of aryl methyl sites for hydroxylation is 2. The molecular weight excluding hydrogens is 390 g/mol. The molecule has 1 N–H and O–H groups in total. The number of halogens is 1. The van der Waals surface area contributed by atoms with E-state index in [0.717, 1.165) is 22.3 Å². The number of imidazole rings is 1. The molecule has 146 valence electrons. The van der Waals surface area contributed by atoms with Gasteiger partial charge in [-0.2, -0.15) is 0 Å². The summed E-state index contributed by atoms with van der Waals surface area (Å²) in [7, 11) is 1.62. The van der Waals surface area contributed by atoms with Gasteiger partial charge in [0.05, 0.1) is 23.7 Å². The second-order valence-electron chi connectivity index (χ2n) is 6.52. The van der Waals surface area contributed by atoms with Crippen LogP contribution in [0.2, 0.25) is 5.02 Å². The number of para-hydroxylation sites is 2. The molecule has 0 saturated carbocycles. The Balaban J connectivity index is 1.77. The zero-order valence-corrected chi connectivity index (χ0v) is 16.4. The summed E-state index contributed by atoms with van der Waals surface area (Å²) >= 11 is 6.07. The van der Waals surface area contributed by atoms with Gasteiger partial charge in [0.25, 0.3) is 0 Å². The average molecular weight is 408 g/mol. The molecule has 2 aromatic heterocycles. The highest BCUT2D eigenvalue weighted by molar-refractivity contribution is 6.30. The molecule has 0 amide bonds. The molecule has 0 saturated heterocycles. The van der Waals surface area contributed by atoms with Gasteiger partial charge in [-0.1, -0.05) is 29.8 Å². The van der Waals surface area contributed by atoms with Gasteiger partial charge >= 0.3 is 5.97 Å². The van der Waals surface area contributed by atoms with Crippen molar-refractivity contribution >= 4 is 28.6 Å². The number of benzene rings is 2. The normalized spacial score (nSPS) is 11.0. The Labute approximate surface area is 172 Å². The number of carboxylic acids is 1. The number of carboxylic acid groups (broad SMARTS) is 1. The van der Waals surface area contributed by atoms with Crippen LogP contribution in [-0.2, 0) is 13.0 Å². The van der Waals surface area contributed by atoms with Gasteiger partial charge in [-0.05, 0) is 48.4 Å². The molecule has 29 heavy (non-hydrogen) atoms. The van der Waals surface area contributed by atoms with E-state index in [0.29, 0.717) is 29.5 Å². The molecule has 0 bridgehead atoms. The van der Waals surface area contributed by atoms with Gasteiger partial charge in [0.2, 0.25) is 0 Å². The zero-order chi connectivity index (χ0) is 20.4. The smallest absolute Gasteiger partial charge is 0.335 e. The quantitative estimate of drug-likeness (QED) is 0.501. The molecule has 0 fully saturated rings. The summed E-state index contributed by atoms with van der Waals surface area (Å²) in [5.41, 5.74) is 3.50. The summed E-state index contributed by atoms with van der Waals surface area (Å²) in [6.45, 7) is 0.618. The monoisotopic (exact) mass is 407 g/mol. The van der Waals surface area contributed by atoms with E-state index < -0.39 is 5.97 Å². The maximum Gasteiger partial charge on any atom is 0.335 e. The van der Waals surface area contributed by atoms with Crippen molar-refractivity contribution < 1.29 is 14.6 Å². The average Bonchev–Trinajstić information content (AvgIpc) is 3.11. The number of nitrogens with zero attached hydrogens (tertiary/aromatic N) is 3. The first-order chi connectivity index (χ1) is 14.1. The van der Waals surface area contributed by atoms with Crippen LogP contribution in [-0.4, -0.2) is 32.7 Å². The van der Waals surface area contributed by atoms with Crippen molar-refractivity contribution in [2.75, 3.05) is 7.11 Å². The van der Waals surface area contributed by atoms with Crippen LogP contribution in [0.15, 0.2) is 60.8 Å². The van der Waals surface area contributed by atoms with E-state index in [4.69, 9.17) is 21.3 Å². The van der Waals surface area contributed by atoms with Crippen molar-refractivity contribution in [1.82, 2.24) is 14.5 Å². The Bertz CT molecular complexity index is 1200. The number of hydrogen-bond acceptors (Lipinski definition) is 4. The highest BCUT2D eigenvalue weighted by Gasteiger charge is 2.16. The van der Waals surface area contributed by atoms with E-state index in [9.17, 15) is 9.90 Å². The summed E-state index contributed by atoms with van der Waals surface area (Å²) in [5, 5.41) is 9.94. The maximum absolute atomic E-state index is 11.4. The number of aromatic nitrogens is 3. The van der Waals surface area contributed by atoms with Crippen LogP contribution in [0.3, 0.4) is 0 Å². The lowest BCUT2D eigenvalue weighted by atomic mass is 10.1. The van der Waals surface area contributed by atoms with Crippen molar-refractivity contribution in [3.63, 3.8) is 0 Å². The number of rotatable bonds is 6. The van der Waals surface area contributed by atoms with Crippen LogP contribution < -0.4 is 4.74 Å². The fourth-order valence-electron chi connectivity index (χ4n) is 3.34. The molecular formula is C22H18ClN3O3. The van der Waals surface area contributed by atoms with E-state index in [2.05, 4.69) is 9.55 Å². The predicted molar refractivity (Wildman–Crippen MR) is 112 cm³/mol. The summed E-state index contributed by atoms with van der Waals surface area (Å²) in [4.78, 5) is 20.4. The largest absolute Gasteiger partial charge is 0.496 e. The Hall–Kier alpha value is -3.38. The minimum Gasteiger partial charge on any atom is -0.496 e. The highest BCUT2D eigenvalue weighted by atomic mass is 35.5. The van der Waals surface area contributed by atoms with Crippen molar-refractivity contribution in [2.45, 2.75) is 13.0 Å². The Kier molecular flexibility index (Phi) is 5.18. The molecule has 4 rings (SSSR count). The second kappa shape index (κ2) is 7.93. The molecule has 0 unspecified atom stereocenters. The van der Waals surface area contributed by atoms with Crippen molar-refractivity contribution in [1.29, 1.82) is 0 Å². The van der Waals surface area contributed by atoms with E-state index in [1.807, 2.05) is 36.4 Å².